The molecule has 3 aromatic carbocycles. The lowest BCUT2D eigenvalue weighted by atomic mass is 9.85. The number of hydrogen-bond donors (Lipinski definition) is 1. The molecule has 1 amide bonds. The van der Waals surface area contributed by atoms with Crippen molar-refractivity contribution in [3.8, 4) is 0 Å². The number of ether oxygens (including phenoxy) is 1. The fourth-order valence-electron chi connectivity index (χ4n) is 6.85. The molecule has 1 unspecified atom stereocenters. The van der Waals surface area contributed by atoms with Crippen molar-refractivity contribution in [2.45, 2.75) is 79.4 Å². The Morgan fingerprint density at radius 3 is 2.43 bits per heavy atom. The predicted molar refractivity (Wildman–Crippen MR) is 192 cm³/mol. The van der Waals surface area contributed by atoms with Gasteiger partial charge in [0.1, 0.15) is 16.6 Å². The third-order valence-corrected chi connectivity index (χ3v) is 14.3. The largest absolute Gasteiger partial charge is 0.615 e. The summed E-state index contributed by atoms with van der Waals surface area (Å²) in [5, 5.41) is 4.11. The summed E-state index contributed by atoms with van der Waals surface area (Å²) in [7, 11) is -2.77. The van der Waals surface area contributed by atoms with Gasteiger partial charge in [0.05, 0.1) is 16.7 Å². The molecule has 49 heavy (non-hydrogen) atoms. The van der Waals surface area contributed by atoms with Crippen LogP contribution in [0.3, 0.4) is 0 Å². The fraction of sp³-hybridized carbons (Fsp3) is 0.405. The van der Waals surface area contributed by atoms with Crippen LogP contribution in [0.25, 0.3) is 10.8 Å². The number of nitrogens with one attached hydrogen (secondary N) is 1. The average Bonchev–Trinajstić information content (AvgIpc) is 3.80. The van der Waals surface area contributed by atoms with Crippen molar-refractivity contribution in [1.29, 1.82) is 0 Å². The van der Waals surface area contributed by atoms with Crippen LogP contribution in [0, 0.1) is 11.7 Å². The Bertz CT molecular complexity index is 1950. The van der Waals surface area contributed by atoms with E-state index in [1.165, 1.54) is 19.2 Å². The predicted octanol–water partition coefficient (Wildman–Crippen LogP) is 7.43. The standard InChI is InChI=1S/C37H41ClFN3O5S2/c1-36(2,3)48(44)37(18-15-24-11-12-24,25-16-19-40-20-17-25)26-13-14-31(39)32(21-26)41-35(43)33-22-27(47-4)23-42(33)49(45,46)34-10-6-7-28-29(34)8-5-9-30(28)38/h5-10,13-14,16-17,19-21,24,27,33H,11-12,15,18,22-23H2,1-4H3,(H,41,43)/t27-,33-,37?,48-/m1/s1. The van der Waals surface area contributed by atoms with Crippen LogP contribution in [-0.4, -0.2) is 58.7 Å². The monoisotopic (exact) mass is 725 g/mol. The molecule has 12 heteroatoms. The number of rotatable bonds is 11. The van der Waals surface area contributed by atoms with Gasteiger partial charge in [-0.25, -0.2) is 12.8 Å². The maximum absolute atomic E-state index is 15.6. The Balaban J connectivity index is 1.38. The number of methoxy groups -OCH3 is 1. The summed E-state index contributed by atoms with van der Waals surface area (Å²) in [4.78, 5) is 18.3. The molecule has 1 N–H and O–H groups in total. The van der Waals surface area contributed by atoms with Crippen LogP contribution in [-0.2, 0) is 35.5 Å². The number of fused-ring (bicyclic) bond motifs is 1. The zero-order chi connectivity index (χ0) is 35.1. The molecule has 4 atom stereocenters. The molecule has 2 aliphatic rings. The van der Waals surface area contributed by atoms with E-state index in [1.54, 1.807) is 54.9 Å². The smallest absolute Gasteiger partial charge is 0.244 e. The van der Waals surface area contributed by atoms with Gasteiger partial charge in [-0.3, -0.25) is 9.78 Å². The van der Waals surface area contributed by atoms with E-state index >= 15 is 4.39 Å². The summed E-state index contributed by atoms with van der Waals surface area (Å²) < 4.78 is 63.8. The number of hydrogen-bond acceptors (Lipinski definition) is 6. The highest BCUT2D eigenvalue weighted by Gasteiger charge is 2.52. The summed E-state index contributed by atoms with van der Waals surface area (Å²) in [6.07, 6.45) is 6.49. The summed E-state index contributed by atoms with van der Waals surface area (Å²) in [6, 6.07) is 16.9. The lowest BCUT2D eigenvalue weighted by Crippen LogP contribution is -2.47. The van der Waals surface area contributed by atoms with Gasteiger partial charge in [-0.15, -0.1) is 0 Å². The molecule has 0 radical (unpaired) electrons. The van der Waals surface area contributed by atoms with Crippen molar-refractivity contribution >= 4 is 55.2 Å². The number of benzene rings is 3. The maximum Gasteiger partial charge on any atom is 0.244 e. The van der Waals surface area contributed by atoms with E-state index in [2.05, 4.69) is 10.3 Å². The highest BCUT2D eigenvalue weighted by atomic mass is 35.5. The second kappa shape index (κ2) is 13.9. The van der Waals surface area contributed by atoms with E-state index in [4.69, 9.17) is 16.3 Å². The van der Waals surface area contributed by atoms with Gasteiger partial charge in [0.25, 0.3) is 0 Å². The molecule has 8 nitrogen and oxygen atoms in total. The van der Waals surface area contributed by atoms with Gasteiger partial charge in [-0.2, -0.15) is 4.31 Å². The minimum atomic E-state index is -4.23. The minimum Gasteiger partial charge on any atom is -0.615 e. The van der Waals surface area contributed by atoms with E-state index in [-0.39, 0.29) is 23.5 Å². The first-order valence-electron chi connectivity index (χ1n) is 16.4. The van der Waals surface area contributed by atoms with Crippen molar-refractivity contribution in [2.75, 3.05) is 19.0 Å². The molecule has 2 fully saturated rings. The third kappa shape index (κ3) is 6.98. The first-order valence-corrected chi connectivity index (χ1v) is 19.4. The van der Waals surface area contributed by atoms with E-state index in [0.717, 1.165) is 29.1 Å². The van der Waals surface area contributed by atoms with Crippen LogP contribution in [0.1, 0.15) is 64.0 Å². The number of anilines is 1. The second-order valence-corrected chi connectivity index (χ2v) is 18.6. The average molecular weight is 726 g/mol. The number of nitrogens with zero attached hydrogens (tertiary/aromatic N) is 2. The van der Waals surface area contributed by atoms with Crippen molar-refractivity contribution < 1.29 is 26.9 Å². The SMILES string of the molecule is CO[C@@H]1C[C@H](C(=O)Nc2cc(C(CCC3CC3)(c3ccncc3)[S@+]([O-])C(C)(C)C)ccc2F)N(S(=O)(=O)c2cccc3c(Cl)cccc23)C1. The quantitative estimate of drug-likeness (QED) is 0.161. The van der Waals surface area contributed by atoms with E-state index in [9.17, 15) is 17.8 Å². The molecule has 4 aromatic rings. The van der Waals surface area contributed by atoms with Gasteiger partial charge in [0.15, 0.2) is 4.75 Å². The van der Waals surface area contributed by atoms with Gasteiger partial charge in [-0.1, -0.05) is 54.8 Å². The molecule has 1 aliphatic heterocycles. The van der Waals surface area contributed by atoms with Crippen LogP contribution in [0.15, 0.2) is 84.0 Å². The maximum atomic E-state index is 15.6. The third-order valence-electron chi connectivity index (χ3n) is 9.58. The molecule has 0 spiro atoms. The lowest BCUT2D eigenvalue weighted by Gasteiger charge is -2.42. The zero-order valence-electron chi connectivity index (χ0n) is 28.0. The number of aromatic nitrogens is 1. The molecule has 0 bridgehead atoms. The van der Waals surface area contributed by atoms with Crippen molar-refractivity contribution in [3.63, 3.8) is 0 Å². The summed E-state index contributed by atoms with van der Waals surface area (Å²) in [6.45, 7) is 5.71. The van der Waals surface area contributed by atoms with Gasteiger partial charge in [-0.05, 0) is 80.7 Å². The molecular weight excluding hydrogens is 685 g/mol. The zero-order valence-corrected chi connectivity index (χ0v) is 30.4. The Hall–Kier alpha value is -3.06. The normalized spacial score (nSPS) is 20.6. The highest BCUT2D eigenvalue weighted by molar-refractivity contribution is 7.93. The number of amides is 1. The summed E-state index contributed by atoms with van der Waals surface area (Å²) in [5.74, 6) is -0.842. The molecular formula is C37H41ClFN3O5S2. The van der Waals surface area contributed by atoms with Crippen LogP contribution < -0.4 is 5.32 Å². The fourth-order valence-corrected chi connectivity index (χ4v) is 11.0. The molecule has 6 rings (SSSR count). The van der Waals surface area contributed by atoms with Gasteiger partial charge < -0.3 is 14.6 Å². The number of carbonyl (C=O) groups is 1. The van der Waals surface area contributed by atoms with Crippen LogP contribution >= 0.6 is 11.6 Å². The first-order chi connectivity index (χ1) is 23.3. The van der Waals surface area contributed by atoms with Gasteiger partial charge in [0.2, 0.25) is 15.9 Å². The number of sulfonamides is 1. The first kappa shape index (κ1) is 35.8. The lowest BCUT2D eigenvalue weighted by molar-refractivity contribution is -0.119. The van der Waals surface area contributed by atoms with Gasteiger partial charge in [0, 0.05) is 65.8 Å². The number of halogens is 2. The Morgan fingerprint density at radius 2 is 1.76 bits per heavy atom. The Labute approximate surface area is 295 Å². The van der Waals surface area contributed by atoms with Crippen LogP contribution in [0.2, 0.25) is 5.02 Å². The minimum absolute atomic E-state index is 0.0117. The van der Waals surface area contributed by atoms with Crippen molar-refractivity contribution in [3.05, 3.63) is 101 Å². The van der Waals surface area contributed by atoms with E-state index < -0.39 is 54.6 Å². The number of carbonyl (C=O) groups excluding carboxylic acids is 1. The number of pyridine rings is 1. The molecule has 1 aliphatic carbocycles. The topological polar surface area (TPSA) is 112 Å². The summed E-state index contributed by atoms with van der Waals surface area (Å²) >= 11 is 4.90. The summed E-state index contributed by atoms with van der Waals surface area (Å²) in [5.41, 5.74) is 1.28. The molecule has 2 heterocycles. The Morgan fingerprint density at radius 1 is 1.06 bits per heavy atom. The second-order valence-electron chi connectivity index (χ2n) is 13.9. The molecule has 1 aromatic heterocycles. The van der Waals surface area contributed by atoms with Crippen LogP contribution in [0.5, 0.6) is 0 Å². The molecule has 1 saturated heterocycles. The van der Waals surface area contributed by atoms with Crippen molar-refractivity contribution in [1.82, 2.24) is 9.29 Å². The molecule has 260 valence electrons. The van der Waals surface area contributed by atoms with Gasteiger partial charge >= 0.3 is 0 Å². The van der Waals surface area contributed by atoms with Crippen LogP contribution in [0.4, 0.5) is 10.1 Å². The van der Waals surface area contributed by atoms with E-state index in [1.807, 2.05) is 32.9 Å². The van der Waals surface area contributed by atoms with Crippen molar-refractivity contribution in [2.24, 2.45) is 5.92 Å². The molecule has 1 saturated carbocycles. The van der Waals surface area contributed by atoms with E-state index in [0.29, 0.717) is 33.7 Å². The Kier molecular flexibility index (Phi) is 10.2. The highest BCUT2D eigenvalue weighted by Crippen LogP contribution is 2.50.